The van der Waals surface area contributed by atoms with Crippen molar-refractivity contribution in [2.45, 2.75) is 0 Å². The summed E-state index contributed by atoms with van der Waals surface area (Å²) in [5, 5.41) is 9.20. The lowest BCUT2D eigenvalue weighted by atomic mass is 9.99. The maximum absolute atomic E-state index is 6.77. The standard InChI is InChI=1S/C54H36N2O.C54H35NO2/c1-3-13-37(14-4-1)39-23-25-40(26-24-39)41-27-29-43(30-28-41)55(44-31-33-45(34-32-44)56-50-20-10-7-17-46(50)47-18-8-11-21-51(47)56)52-36-42(38-15-5-2-6-16-38)35-49-48-19-9-12-22-53(48)57-54(49)52;1-2-10-36(11-3-1)37-20-22-38(23-21-37)39-24-30-42(31-25-39)55(43-32-26-40(27-33-43)45-14-8-16-49-47-12-4-6-18-51(47)56-53(45)49)44-34-28-41(29-35-44)46-15-9-17-50-48-13-5-7-19-52(48)57-54(46)50/h1-36H;1-35H. The van der Waals surface area contributed by atoms with E-state index in [4.69, 9.17) is 13.3 Å². The summed E-state index contributed by atoms with van der Waals surface area (Å²) < 4.78 is 21.9. The van der Waals surface area contributed by atoms with Gasteiger partial charge in [0, 0.05) is 88.3 Å². The van der Waals surface area contributed by atoms with Crippen LogP contribution in [0, 0.1) is 0 Å². The number of anilines is 6. The fraction of sp³-hybridized carbons (Fsp3) is 0. The highest BCUT2D eigenvalue weighted by atomic mass is 16.3. The lowest BCUT2D eigenvalue weighted by molar-refractivity contribution is 0.669. The lowest BCUT2D eigenvalue weighted by Crippen LogP contribution is -2.10. The normalized spacial score (nSPS) is 11.5. The van der Waals surface area contributed by atoms with E-state index in [2.05, 4.69) is 415 Å². The van der Waals surface area contributed by atoms with Crippen molar-refractivity contribution in [1.82, 2.24) is 4.57 Å². The van der Waals surface area contributed by atoms with Gasteiger partial charge in [0.2, 0.25) is 0 Å². The Morgan fingerprint density at radius 2 is 0.456 bits per heavy atom. The number of nitrogens with zero attached hydrogens (tertiary/aromatic N) is 3. The van der Waals surface area contributed by atoms with Crippen molar-refractivity contribution in [3.8, 4) is 83.6 Å². The van der Waals surface area contributed by atoms with Gasteiger partial charge in [0.15, 0.2) is 5.58 Å². The van der Waals surface area contributed by atoms with E-state index in [1.54, 1.807) is 0 Å². The third kappa shape index (κ3) is 12.2. The highest BCUT2D eigenvalue weighted by molar-refractivity contribution is 6.14. The Morgan fingerprint density at radius 1 is 0.175 bits per heavy atom. The van der Waals surface area contributed by atoms with Crippen molar-refractivity contribution >= 4 is 122 Å². The van der Waals surface area contributed by atoms with E-state index in [9.17, 15) is 0 Å². The van der Waals surface area contributed by atoms with Gasteiger partial charge in [-0.3, -0.25) is 0 Å². The Kier molecular flexibility index (Phi) is 16.8. The van der Waals surface area contributed by atoms with Crippen molar-refractivity contribution in [3.63, 3.8) is 0 Å². The topological polar surface area (TPSA) is 50.8 Å². The van der Waals surface area contributed by atoms with E-state index in [1.165, 1.54) is 60.8 Å². The molecule has 0 aliphatic carbocycles. The van der Waals surface area contributed by atoms with Crippen molar-refractivity contribution in [2.75, 3.05) is 9.80 Å². The SMILES string of the molecule is c1ccc(-c2ccc(-c3ccc(N(c4ccc(-c5cccc6c5oc5ccccc56)cc4)c4ccc(-c5cccc6c5oc5ccccc56)cc4)cc3)cc2)cc1.c1ccc(-c2ccc(-c3ccc(N(c4ccc(-n5c6ccccc6c6ccccc65)cc4)c4cc(-c5ccccc5)cc5c4oc4ccccc45)cc3)cc2)cc1. The number of rotatable bonds is 14. The second kappa shape index (κ2) is 28.6. The predicted molar refractivity (Wildman–Crippen MR) is 476 cm³/mol. The number of hydrogen-bond acceptors (Lipinski definition) is 5. The molecule has 536 valence electrons. The van der Waals surface area contributed by atoms with Crippen LogP contribution in [0.5, 0.6) is 0 Å². The maximum Gasteiger partial charge on any atom is 0.159 e. The number of benzene rings is 18. The molecule has 6 heteroatoms. The van der Waals surface area contributed by atoms with E-state index >= 15 is 0 Å². The summed E-state index contributed by atoms with van der Waals surface area (Å²) in [7, 11) is 0. The molecule has 0 saturated heterocycles. The van der Waals surface area contributed by atoms with Gasteiger partial charge in [-0.1, -0.05) is 315 Å². The van der Waals surface area contributed by atoms with E-state index in [1.807, 2.05) is 30.3 Å². The molecule has 0 atom stereocenters. The van der Waals surface area contributed by atoms with E-state index < -0.39 is 0 Å². The first-order valence-corrected chi connectivity index (χ1v) is 38.7. The van der Waals surface area contributed by atoms with Gasteiger partial charge in [-0.25, -0.2) is 0 Å². The zero-order valence-corrected chi connectivity index (χ0v) is 62.1. The summed E-state index contributed by atoms with van der Waals surface area (Å²) in [4.78, 5) is 4.66. The molecule has 0 radical (unpaired) electrons. The molecule has 0 aliphatic rings. The average Bonchev–Trinajstić information content (AvgIpc) is 1.59. The van der Waals surface area contributed by atoms with E-state index in [0.717, 1.165) is 145 Å². The number of furan rings is 3. The molecule has 4 heterocycles. The molecular formula is C108H71N3O3. The Hall–Kier alpha value is -15.2. The number of fused-ring (bicyclic) bond motifs is 12. The van der Waals surface area contributed by atoms with Gasteiger partial charge in [-0.05, 0) is 182 Å². The van der Waals surface area contributed by atoms with Crippen LogP contribution in [0.2, 0.25) is 0 Å². The van der Waals surface area contributed by atoms with Crippen LogP contribution >= 0.6 is 0 Å². The summed E-state index contributed by atoms with van der Waals surface area (Å²) in [5.41, 5.74) is 31.2. The Labute approximate surface area is 659 Å². The average molecular weight is 1460 g/mol. The summed E-state index contributed by atoms with van der Waals surface area (Å²) in [6.45, 7) is 0. The van der Waals surface area contributed by atoms with Crippen molar-refractivity contribution in [3.05, 3.63) is 431 Å². The first kappa shape index (κ1) is 66.9. The summed E-state index contributed by atoms with van der Waals surface area (Å²) in [5.74, 6) is 0. The maximum atomic E-state index is 6.77. The van der Waals surface area contributed by atoms with Crippen LogP contribution in [0.3, 0.4) is 0 Å². The third-order valence-corrected chi connectivity index (χ3v) is 22.3. The molecule has 0 unspecified atom stereocenters. The summed E-state index contributed by atoms with van der Waals surface area (Å²) in [6.07, 6.45) is 0. The van der Waals surface area contributed by atoms with Gasteiger partial charge in [-0.15, -0.1) is 0 Å². The van der Waals surface area contributed by atoms with Crippen LogP contribution in [-0.2, 0) is 0 Å². The molecule has 4 aromatic heterocycles. The summed E-state index contributed by atoms with van der Waals surface area (Å²) >= 11 is 0. The highest BCUT2D eigenvalue weighted by Crippen LogP contribution is 2.48. The van der Waals surface area contributed by atoms with Crippen LogP contribution in [-0.4, -0.2) is 4.57 Å². The van der Waals surface area contributed by atoms with Crippen molar-refractivity contribution in [2.24, 2.45) is 0 Å². The molecule has 114 heavy (non-hydrogen) atoms. The monoisotopic (exact) mass is 1460 g/mol. The first-order chi connectivity index (χ1) is 56.5. The van der Waals surface area contributed by atoms with Crippen LogP contribution < -0.4 is 9.80 Å². The minimum atomic E-state index is 0.850. The molecule has 6 nitrogen and oxygen atoms in total. The molecule has 22 rings (SSSR count). The van der Waals surface area contributed by atoms with Gasteiger partial charge >= 0.3 is 0 Å². The van der Waals surface area contributed by atoms with Gasteiger partial charge in [-0.2, -0.15) is 0 Å². The number of aromatic nitrogens is 1. The minimum Gasteiger partial charge on any atom is -0.455 e. The van der Waals surface area contributed by atoms with Crippen molar-refractivity contribution in [1.29, 1.82) is 0 Å². The van der Waals surface area contributed by atoms with Gasteiger partial charge in [0.1, 0.15) is 27.9 Å². The molecule has 0 bridgehead atoms. The largest absolute Gasteiger partial charge is 0.455 e. The zero-order chi connectivity index (χ0) is 75.4. The second-order valence-electron chi connectivity index (χ2n) is 29.0. The molecule has 0 saturated carbocycles. The molecule has 0 N–H and O–H groups in total. The second-order valence-corrected chi connectivity index (χ2v) is 29.0. The van der Waals surface area contributed by atoms with Crippen LogP contribution in [0.1, 0.15) is 0 Å². The molecule has 0 aliphatic heterocycles. The third-order valence-electron chi connectivity index (χ3n) is 22.3. The van der Waals surface area contributed by atoms with E-state index in [0.29, 0.717) is 0 Å². The quantitative estimate of drug-likeness (QED) is 0.109. The molecule has 0 fully saturated rings. The van der Waals surface area contributed by atoms with Crippen LogP contribution in [0.15, 0.2) is 444 Å². The molecule has 18 aromatic carbocycles. The van der Waals surface area contributed by atoms with E-state index in [-0.39, 0.29) is 0 Å². The molecular weight excluding hydrogens is 1390 g/mol. The smallest absolute Gasteiger partial charge is 0.159 e. The molecule has 0 spiro atoms. The highest BCUT2D eigenvalue weighted by Gasteiger charge is 2.24. The minimum absolute atomic E-state index is 0.850. The Bertz CT molecular complexity index is 7060. The first-order valence-electron chi connectivity index (χ1n) is 38.7. The predicted octanol–water partition coefficient (Wildman–Crippen LogP) is 30.8. The van der Waals surface area contributed by atoms with Gasteiger partial charge in [0.05, 0.1) is 16.7 Å². The fourth-order valence-electron chi connectivity index (χ4n) is 16.7. The van der Waals surface area contributed by atoms with Gasteiger partial charge < -0.3 is 27.6 Å². The van der Waals surface area contributed by atoms with Crippen LogP contribution in [0.4, 0.5) is 34.1 Å². The Morgan fingerprint density at radius 3 is 0.851 bits per heavy atom. The van der Waals surface area contributed by atoms with Gasteiger partial charge in [0.25, 0.3) is 0 Å². The molecule has 22 aromatic rings. The Balaban J connectivity index is 0.000000143. The van der Waals surface area contributed by atoms with Crippen LogP contribution in [0.25, 0.3) is 171 Å². The lowest BCUT2D eigenvalue weighted by Gasteiger charge is -2.27. The molecule has 0 amide bonds. The fourth-order valence-corrected chi connectivity index (χ4v) is 16.7. The zero-order valence-electron chi connectivity index (χ0n) is 62.1. The summed E-state index contributed by atoms with van der Waals surface area (Å²) in [6, 6.07) is 153. The number of hydrogen-bond donors (Lipinski definition) is 0. The number of para-hydroxylation sites is 7. The van der Waals surface area contributed by atoms with Crippen molar-refractivity contribution < 1.29 is 13.3 Å².